The first-order valence-corrected chi connectivity index (χ1v) is 13.6. The van der Waals surface area contributed by atoms with Crippen LogP contribution in [0, 0.1) is 0 Å². The molecule has 0 aromatic rings. The van der Waals surface area contributed by atoms with Gasteiger partial charge in [0.25, 0.3) is 0 Å². The molecule has 0 saturated heterocycles. The number of nitrogens with zero attached hydrogens (tertiary/aromatic N) is 4. The number of hydrogen-bond donors (Lipinski definition) is 12. The van der Waals surface area contributed by atoms with Gasteiger partial charge in [-0.15, -0.1) is 0 Å². The van der Waals surface area contributed by atoms with Gasteiger partial charge in [0.2, 0.25) is 0 Å². The summed E-state index contributed by atoms with van der Waals surface area (Å²) in [7, 11) is 0. The summed E-state index contributed by atoms with van der Waals surface area (Å²) in [6.45, 7) is 7.01. The van der Waals surface area contributed by atoms with E-state index in [2.05, 4.69) is 0 Å². The molecule has 0 heterocycles. The molecule has 0 aromatic heterocycles. The van der Waals surface area contributed by atoms with E-state index in [0.717, 1.165) is 0 Å². The van der Waals surface area contributed by atoms with Gasteiger partial charge in [0.05, 0.1) is 79.3 Å². The van der Waals surface area contributed by atoms with Crippen LogP contribution >= 0.6 is 0 Å². The van der Waals surface area contributed by atoms with Crippen molar-refractivity contribution in [3.8, 4) is 0 Å². The number of aliphatic hydroxyl groups is 12. The van der Waals surface area contributed by atoms with Gasteiger partial charge in [-0.2, -0.15) is 0 Å². The minimum Gasteiger partial charge on any atom is -0.395 e. The van der Waals surface area contributed by atoms with Gasteiger partial charge in [-0.1, -0.05) is 0 Å². The van der Waals surface area contributed by atoms with Crippen molar-refractivity contribution in [2.45, 2.75) is 0 Å². The van der Waals surface area contributed by atoms with Crippen molar-refractivity contribution in [2.24, 2.45) is 0 Å². The third-order valence-corrected chi connectivity index (χ3v) is 4.99. The molecule has 0 bridgehead atoms. The third kappa shape index (κ3) is 44.8. The molecule has 0 rings (SSSR count). The molecule has 0 atom stereocenters. The average Bonchev–Trinajstić information content (AvgIpc) is 2.92. The monoisotopic (exact) mass is 686 g/mol. The fourth-order valence-electron chi connectivity index (χ4n) is 3.04. The Labute approximate surface area is 264 Å². The summed E-state index contributed by atoms with van der Waals surface area (Å²) in [5.74, 6) is 0. The summed E-state index contributed by atoms with van der Waals surface area (Å²) in [5, 5.41) is 102. The Hall–Kier alpha value is 0.243. The first kappa shape index (κ1) is 50.8. The molecule has 16 nitrogen and oxygen atoms in total. The summed E-state index contributed by atoms with van der Waals surface area (Å²) in [5.41, 5.74) is 0. The molecule has 12 N–H and O–H groups in total. The van der Waals surface area contributed by atoms with Crippen LogP contribution in [0.2, 0.25) is 0 Å². The largest absolute Gasteiger partial charge is 0.395 e. The number of aliphatic hydroxyl groups excluding tert-OH is 12. The van der Waals surface area contributed by atoms with Crippen LogP contribution in [0.15, 0.2) is 0 Å². The Balaban J connectivity index is -0.000000139. The molecule has 0 radical (unpaired) electrons. The Morgan fingerprint density at radius 2 is 0.268 bits per heavy atom. The van der Waals surface area contributed by atoms with Crippen LogP contribution in [-0.4, -0.2) is 239 Å². The van der Waals surface area contributed by atoms with Crippen LogP contribution in [-0.2, 0) is 26.2 Å². The fourth-order valence-corrected chi connectivity index (χ4v) is 3.04. The maximum Gasteiger partial charge on any atom is 0.0558 e. The predicted molar refractivity (Wildman–Crippen MR) is 151 cm³/mol. The molecule has 0 aliphatic carbocycles. The predicted octanol–water partition coefficient (Wildman–Crippen LogP) is -6.94. The van der Waals surface area contributed by atoms with Gasteiger partial charge >= 0.3 is 0 Å². The quantitative estimate of drug-likeness (QED) is 0.0450. The summed E-state index contributed by atoms with van der Waals surface area (Å²) < 4.78 is 0. The molecule has 0 spiro atoms. The summed E-state index contributed by atoms with van der Waals surface area (Å²) >= 11 is 0. The summed E-state index contributed by atoms with van der Waals surface area (Å²) in [6.07, 6.45) is 0. The SMILES string of the molecule is OCCN(CCO)CCO.OCCN(CCO)CCO.OCCN(CCO)CCO.OCCN(CCO)CCO.[Zr]. The van der Waals surface area contributed by atoms with Crippen LogP contribution in [0.5, 0.6) is 0 Å². The normalized spacial score (nSPS) is 10.5. The van der Waals surface area contributed by atoms with Gasteiger partial charge in [0.15, 0.2) is 0 Å². The van der Waals surface area contributed by atoms with Crippen molar-refractivity contribution in [1.29, 1.82) is 0 Å². The summed E-state index contributed by atoms with van der Waals surface area (Å²) in [4.78, 5) is 7.17. The van der Waals surface area contributed by atoms with Crippen molar-refractivity contribution < 1.29 is 87.5 Å². The van der Waals surface area contributed by atoms with Gasteiger partial charge in [0, 0.05) is 105 Å². The van der Waals surface area contributed by atoms with Gasteiger partial charge in [0.1, 0.15) is 0 Å². The molecule has 0 aliphatic heterocycles. The molecular formula is C24H60N4O12Zr. The van der Waals surface area contributed by atoms with Crippen molar-refractivity contribution >= 4 is 0 Å². The standard InChI is InChI=1S/4C6H15NO3.Zr/c4*8-4-1-7(2-5-9)3-6-10;/h4*8-10H,1-6H2;. The second-order valence-electron chi connectivity index (χ2n) is 8.05. The topological polar surface area (TPSA) is 256 Å². The second-order valence-corrected chi connectivity index (χ2v) is 8.05. The van der Waals surface area contributed by atoms with E-state index in [4.69, 9.17) is 61.3 Å². The van der Waals surface area contributed by atoms with E-state index in [1.807, 2.05) is 0 Å². The maximum absolute atomic E-state index is 8.48. The Morgan fingerprint density at radius 3 is 0.317 bits per heavy atom. The van der Waals surface area contributed by atoms with Crippen LogP contribution in [0.1, 0.15) is 0 Å². The fraction of sp³-hybridized carbons (Fsp3) is 1.00. The van der Waals surface area contributed by atoms with Crippen LogP contribution in [0.25, 0.3) is 0 Å². The van der Waals surface area contributed by atoms with Crippen LogP contribution < -0.4 is 0 Å². The zero-order chi connectivity index (χ0) is 31.3. The minimum absolute atomic E-state index is 0. The van der Waals surface area contributed by atoms with Gasteiger partial charge in [-0.3, -0.25) is 19.6 Å². The van der Waals surface area contributed by atoms with Crippen LogP contribution in [0.3, 0.4) is 0 Å². The average molecular weight is 688 g/mol. The van der Waals surface area contributed by atoms with E-state index in [1.54, 1.807) is 19.6 Å². The Morgan fingerprint density at radius 1 is 0.195 bits per heavy atom. The second kappa shape index (κ2) is 47.2. The molecule has 0 saturated carbocycles. The number of rotatable bonds is 24. The number of hydrogen-bond acceptors (Lipinski definition) is 16. The van der Waals surface area contributed by atoms with Crippen molar-refractivity contribution in [1.82, 2.24) is 19.6 Å². The maximum atomic E-state index is 8.48. The van der Waals surface area contributed by atoms with Crippen molar-refractivity contribution in [3.63, 3.8) is 0 Å². The molecule has 0 unspecified atom stereocenters. The van der Waals surface area contributed by atoms with E-state index in [0.29, 0.717) is 78.5 Å². The Kier molecular flexibility index (Phi) is 58.5. The molecule has 41 heavy (non-hydrogen) atoms. The molecular weight excluding hydrogens is 628 g/mol. The van der Waals surface area contributed by atoms with E-state index < -0.39 is 0 Å². The van der Waals surface area contributed by atoms with Crippen molar-refractivity contribution in [3.05, 3.63) is 0 Å². The molecule has 0 fully saturated rings. The zero-order valence-electron chi connectivity index (χ0n) is 24.6. The third-order valence-electron chi connectivity index (χ3n) is 4.99. The van der Waals surface area contributed by atoms with Crippen molar-refractivity contribution in [2.75, 3.05) is 158 Å². The summed E-state index contributed by atoms with van der Waals surface area (Å²) in [6, 6.07) is 0. The van der Waals surface area contributed by atoms with E-state index >= 15 is 0 Å². The van der Waals surface area contributed by atoms with Gasteiger partial charge in [-0.25, -0.2) is 0 Å². The molecule has 0 aromatic carbocycles. The first-order valence-electron chi connectivity index (χ1n) is 13.6. The molecule has 0 amide bonds. The van der Waals surface area contributed by atoms with Gasteiger partial charge < -0.3 is 61.3 Å². The van der Waals surface area contributed by atoms with Gasteiger partial charge in [-0.05, 0) is 0 Å². The van der Waals surface area contributed by atoms with E-state index in [9.17, 15) is 0 Å². The molecule has 0 aliphatic rings. The van der Waals surface area contributed by atoms with E-state index in [-0.39, 0.29) is 105 Å². The molecule has 252 valence electrons. The molecule has 17 heteroatoms. The van der Waals surface area contributed by atoms with E-state index in [1.165, 1.54) is 0 Å². The smallest absolute Gasteiger partial charge is 0.0558 e. The minimum atomic E-state index is 0. The van der Waals surface area contributed by atoms with Crippen LogP contribution in [0.4, 0.5) is 0 Å². The zero-order valence-corrected chi connectivity index (χ0v) is 27.1. The first-order chi connectivity index (χ1) is 19.4. The Bertz CT molecular complexity index is 302.